The van der Waals surface area contributed by atoms with Gasteiger partial charge in [0.15, 0.2) is 0 Å². The summed E-state index contributed by atoms with van der Waals surface area (Å²) in [5.41, 5.74) is 3.05. The lowest BCUT2D eigenvalue weighted by Gasteiger charge is -2.29. The molecule has 26 heavy (non-hydrogen) atoms. The summed E-state index contributed by atoms with van der Waals surface area (Å²) >= 11 is 1.75. The molecule has 0 fully saturated rings. The number of benzene rings is 1. The first-order valence-electron chi connectivity index (χ1n) is 9.00. The van der Waals surface area contributed by atoms with E-state index in [4.69, 9.17) is 4.74 Å². The molecule has 3 aliphatic heterocycles. The minimum absolute atomic E-state index is 0.0364. The Morgan fingerprint density at radius 2 is 2.00 bits per heavy atom. The van der Waals surface area contributed by atoms with Crippen LogP contribution < -0.4 is 10.1 Å². The second-order valence-corrected chi connectivity index (χ2v) is 8.90. The molecule has 1 aromatic carbocycles. The predicted octanol–water partition coefficient (Wildman–Crippen LogP) is 1.97. The van der Waals surface area contributed by atoms with Crippen LogP contribution in [0.5, 0.6) is 5.75 Å². The molecule has 7 heteroatoms. The van der Waals surface area contributed by atoms with Crippen molar-refractivity contribution in [1.29, 1.82) is 0 Å². The van der Waals surface area contributed by atoms with Gasteiger partial charge >= 0.3 is 0 Å². The Morgan fingerprint density at radius 1 is 1.27 bits per heavy atom. The molecule has 4 rings (SSSR count). The lowest BCUT2D eigenvalue weighted by molar-refractivity contribution is -0.141. The van der Waals surface area contributed by atoms with Gasteiger partial charge in [-0.05, 0) is 55.1 Å². The SMILES string of the molecule is CC(C)(CO)C(=O)N1CC2=C(CN(Sc3ccc4c(c3)NCCO4)C2)C1. The number of nitrogens with zero attached hydrogens (tertiary/aromatic N) is 2. The van der Waals surface area contributed by atoms with Gasteiger partial charge in [0, 0.05) is 37.6 Å². The zero-order valence-corrected chi connectivity index (χ0v) is 16.1. The number of rotatable bonds is 4. The number of fused-ring (bicyclic) bond motifs is 1. The minimum Gasteiger partial charge on any atom is -0.490 e. The van der Waals surface area contributed by atoms with Crippen LogP contribution in [0, 0.1) is 5.41 Å². The van der Waals surface area contributed by atoms with Crippen LogP contribution in [0.25, 0.3) is 0 Å². The van der Waals surface area contributed by atoms with Gasteiger partial charge in [-0.1, -0.05) is 0 Å². The Bertz CT molecular complexity index is 744. The lowest BCUT2D eigenvalue weighted by Crippen LogP contribution is -2.43. The normalized spacial score (nSPS) is 19.9. The average molecular weight is 375 g/mol. The highest BCUT2D eigenvalue weighted by atomic mass is 32.2. The molecule has 0 saturated carbocycles. The molecule has 0 atom stereocenters. The van der Waals surface area contributed by atoms with Crippen molar-refractivity contribution in [2.75, 3.05) is 51.3 Å². The van der Waals surface area contributed by atoms with E-state index in [0.717, 1.165) is 31.1 Å². The van der Waals surface area contributed by atoms with E-state index in [1.54, 1.807) is 25.8 Å². The van der Waals surface area contributed by atoms with Crippen LogP contribution >= 0.6 is 11.9 Å². The number of hydrogen-bond donors (Lipinski definition) is 2. The fraction of sp³-hybridized carbons (Fsp3) is 0.526. The average Bonchev–Trinajstić information content (AvgIpc) is 3.19. The zero-order chi connectivity index (χ0) is 18.3. The molecular weight excluding hydrogens is 350 g/mol. The van der Waals surface area contributed by atoms with E-state index in [0.29, 0.717) is 19.7 Å². The van der Waals surface area contributed by atoms with Crippen LogP contribution in [-0.4, -0.2) is 66.2 Å². The lowest BCUT2D eigenvalue weighted by atomic mass is 9.93. The summed E-state index contributed by atoms with van der Waals surface area (Å²) in [6, 6.07) is 6.26. The van der Waals surface area contributed by atoms with Gasteiger partial charge in [0.25, 0.3) is 0 Å². The van der Waals surface area contributed by atoms with Crippen LogP contribution in [0.2, 0.25) is 0 Å². The number of aliphatic hydroxyl groups excluding tert-OH is 1. The molecule has 0 saturated heterocycles. The van der Waals surface area contributed by atoms with Gasteiger partial charge in [0.1, 0.15) is 12.4 Å². The molecule has 1 aromatic rings. The monoisotopic (exact) mass is 375 g/mol. The maximum atomic E-state index is 12.5. The van der Waals surface area contributed by atoms with Gasteiger partial charge < -0.3 is 20.1 Å². The Labute approximate surface area is 158 Å². The van der Waals surface area contributed by atoms with E-state index < -0.39 is 5.41 Å². The summed E-state index contributed by atoms with van der Waals surface area (Å²) in [5, 5.41) is 12.8. The van der Waals surface area contributed by atoms with Crippen LogP contribution in [0.3, 0.4) is 0 Å². The highest BCUT2D eigenvalue weighted by molar-refractivity contribution is 7.97. The number of carbonyl (C=O) groups is 1. The fourth-order valence-electron chi connectivity index (χ4n) is 3.58. The number of aliphatic hydroxyl groups is 1. The Hall–Kier alpha value is -1.70. The van der Waals surface area contributed by atoms with Crippen LogP contribution in [0.1, 0.15) is 13.8 Å². The standard InChI is InChI=1S/C19H25N3O3S/c1-19(2,12-23)18(24)21-8-13-10-22(11-14(13)9-21)26-15-3-4-17-16(7-15)20-5-6-25-17/h3-4,7,20,23H,5-6,8-12H2,1-2H3. The molecule has 3 heterocycles. The molecule has 0 unspecified atom stereocenters. The molecule has 0 radical (unpaired) electrons. The maximum Gasteiger partial charge on any atom is 0.231 e. The molecule has 1 amide bonds. The number of nitrogens with one attached hydrogen (secondary N) is 1. The van der Waals surface area contributed by atoms with Crippen molar-refractivity contribution in [3.8, 4) is 5.75 Å². The van der Waals surface area contributed by atoms with Gasteiger partial charge in [-0.2, -0.15) is 0 Å². The highest BCUT2D eigenvalue weighted by Crippen LogP contribution is 2.37. The van der Waals surface area contributed by atoms with Crippen molar-refractivity contribution < 1.29 is 14.6 Å². The van der Waals surface area contributed by atoms with Gasteiger partial charge in [0.2, 0.25) is 5.91 Å². The summed E-state index contributed by atoms with van der Waals surface area (Å²) in [5.74, 6) is 0.956. The second-order valence-electron chi connectivity index (χ2n) is 7.73. The summed E-state index contributed by atoms with van der Waals surface area (Å²) < 4.78 is 7.97. The molecule has 0 bridgehead atoms. The fourth-order valence-corrected chi connectivity index (χ4v) is 4.61. The third-order valence-corrected chi connectivity index (χ3v) is 6.10. The third kappa shape index (κ3) is 3.31. The van der Waals surface area contributed by atoms with Crippen molar-refractivity contribution in [1.82, 2.24) is 9.21 Å². The first kappa shape index (κ1) is 17.7. The van der Waals surface area contributed by atoms with Crippen molar-refractivity contribution in [3.63, 3.8) is 0 Å². The summed E-state index contributed by atoms with van der Waals surface area (Å²) in [4.78, 5) is 15.6. The summed E-state index contributed by atoms with van der Waals surface area (Å²) in [6.07, 6.45) is 0. The second kappa shape index (κ2) is 6.79. The number of amides is 1. The first-order valence-corrected chi connectivity index (χ1v) is 9.77. The molecule has 0 spiro atoms. The van der Waals surface area contributed by atoms with Gasteiger partial charge in [-0.3, -0.25) is 4.79 Å². The van der Waals surface area contributed by atoms with Gasteiger partial charge in [0.05, 0.1) is 17.7 Å². The van der Waals surface area contributed by atoms with Crippen molar-refractivity contribution in [2.45, 2.75) is 18.7 Å². The molecule has 140 valence electrons. The van der Waals surface area contributed by atoms with E-state index in [1.807, 2.05) is 11.0 Å². The molecule has 0 aliphatic carbocycles. The van der Waals surface area contributed by atoms with Crippen LogP contribution in [-0.2, 0) is 4.79 Å². The Balaban J connectivity index is 1.35. The minimum atomic E-state index is -0.702. The molecular formula is C19H25N3O3S. The van der Waals surface area contributed by atoms with Gasteiger partial charge in [-0.15, -0.1) is 0 Å². The summed E-state index contributed by atoms with van der Waals surface area (Å²) in [7, 11) is 0. The number of anilines is 1. The topological polar surface area (TPSA) is 65.0 Å². The largest absolute Gasteiger partial charge is 0.490 e. The van der Waals surface area contributed by atoms with Crippen molar-refractivity contribution in [3.05, 3.63) is 29.3 Å². The zero-order valence-electron chi connectivity index (χ0n) is 15.2. The van der Waals surface area contributed by atoms with Gasteiger partial charge in [-0.25, -0.2) is 4.31 Å². The molecule has 3 aliphatic rings. The Kier molecular flexibility index (Phi) is 4.62. The van der Waals surface area contributed by atoms with E-state index in [1.165, 1.54) is 16.0 Å². The van der Waals surface area contributed by atoms with E-state index in [9.17, 15) is 9.90 Å². The molecule has 2 N–H and O–H groups in total. The highest BCUT2D eigenvalue weighted by Gasteiger charge is 2.38. The smallest absolute Gasteiger partial charge is 0.231 e. The predicted molar refractivity (Wildman–Crippen MR) is 102 cm³/mol. The number of carbonyl (C=O) groups excluding carboxylic acids is 1. The Morgan fingerprint density at radius 3 is 2.69 bits per heavy atom. The maximum absolute atomic E-state index is 12.5. The van der Waals surface area contributed by atoms with E-state index in [-0.39, 0.29) is 12.5 Å². The van der Waals surface area contributed by atoms with Crippen molar-refractivity contribution in [2.24, 2.45) is 5.41 Å². The first-order chi connectivity index (χ1) is 12.5. The molecule has 0 aromatic heterocycles. The van der Waals surface area contributed by atoms with E-state index >= 15 is 0 Å². The number of ether oxygens (including phenoxy) is 1. The molecule has 6 nitrogen and oxygen atoms in total. The van der Waals surface area contributed by atoms with Crippen LogP contribution in [0.15, 0.2) is 34.2 Å². The number of hydrogen-bond acceptors (Lipinski definition) is 6. The van der Waals surface area contributed by atoms with E-state index in [2.05, 4.69) is 21.8 Å². The van der Waals surface area contributed by atoms with Crippen LogP contribution in [0.4, 0.5) is 5.69 Å². The third-order valence-electron chi connectivity index (χ3n) is 5.12. The quantitative estimate of drug-likeness (QED) is 0.620. The van der Waals surface area contributed by atoms with Crippen molar-refractivity contribution >= 4 is 23.5 Å². The summed E-state index contributed by atoms with van der Waals surface area (Å²) in [6.45, 7) is 8.17.